The summed E-state index contributed by atoms with van der Waals surface area (Å²) >= 11 is 0. The van der Waals surface area contributed by atoms with Crippen LogP contribution in [0.1, 0.15) is 17.2 Å². The molecule has 2 aromatic carbocycles. The van der Waals surface area contributed by atoms with Gasteiger partial charge >= 0.3 is 0 Å². The number of aromatic hydroxyl groups is 4. The molecule has 0 bridgehead atoms. The molecule has 0 amide bonds. The third-order valence-electron chi connectivity index (χ3n) is 9.16. The molecule has 4 aliphatic heterocycles. The lowest BCUT2D eigenvalue weighted by Crippen LogP contribution is -2.63. The zero-order valence-electron chi connectivity index (χ0n) is 27.0. The molecule has 3 saturated heterocycles. The van der Waals surface area contributed by atoms with E-state index in [2.05, 4.69) is 4.74 Å². The van der Waals surface area contributed by atoms with Crippen molar-refractivity contribution in [2.75, 3.05) is 19.8 Å². The Bertz CT molecular complexity index is 1590. The molecule has 0 aliphatic carbocycles. The highest BCUT2D eigenvalue weighted by molar-refractivity contribution is 5.70. The summed E-state index contributed by atoms with van der Waals surface area (Å²) in [6.07, 6.45) is -23.5. The Morgan fingerprint density at radius 2 is 1.33 bits per heavy atom. The Labute approximate surface area is 293 Å². The number of rotatable bonds is 9. The van der Waals surface area contributed by atoms with Gasteiger partial charge in [-0.2, -0.15) is 0 Å². The second kappa shape index (κ2) is 15.4. The van der Waals surface area contributed by atoms with Crippen LogP contribution in [0.25, 0.3) is 6.08 Å². The first-order valence-corrected chi connectivity index (χ1v) is 16.1. The first-order valence-electron chi connectivity index (χ1n) is 16.1. The van der Waals surface area contributed by atoms with Crippen LogP contribution in [0.2, 0.25) is 0 Å². The zero-order valence-corrected chi connectivity index (χ0v) is 27.0. The minimum Gasteiger partial charge on any atom is -0.571 e. The number of phenolic OH excluding ortho intramolecular Hbond substituents is 3. The molecular formula is C32H41O20+. The Balaban J connectivity index is 1.39. The number of aliphatic hydroxyl groups excluding tert-OH is 10. The average molecular weight is 746 g/mol. The van der Waals surface area contributed by atoms with Crippen molar-refractivity contribution >= 4 is 6.08 Å². The lowest BCUT2D eigenvalue weighted by Gasteiger charge is -2.45. The van der Waals surface area contributed by atoms with Crippen molar-refractivity contribution in [3.63, 3.8) is 0 Å². The molecule has 4 heterocycles. The molecule has 0 saturated carbocycles. The predicted octanol–water partition coefficient (Wildman–Crippen LogP) is -4.40. The highest BCUT2D eigenvalue weighted by atomic mass is 16.8. The Morgan fingerprint density at radius 1 is 0.673 bits per heavy atom. The fourth-order valence-corrected chi connectivity index (χ4v) is 6.19. The highest BCUT2D eigenvalue weighted by Gasteiger charge is 2.51. The van der Waals surface area contributed by atoms with E-state index >= 15 is 0 Å². The van der Waals surface area contributed by atoms with Gasteiger partial charge in [-0.3, -0.25) is 0 Å². The van der Waals surface area contributed by atoms with Gasteiger partial charge in [0.1, 0.15) is 78.1 Å². The van der Waals surface area contributed by atoms with Gasteiger partial charge in [0, 0.05) is 12.1 Å². The topological polar surface area (TPSA) is 331 Å². The van der Waals surface area contributed by atoms with E-state index in [9.17, 15) is 66.4 Å². The molecule has 2 aromatic rings. The van der Waals surface area contributed by atoms with Crippen LogP contribution in [0.3, 0.4) is 0 Å². The first-order chi connectivity index (χ1) is 24.7. The summed E-state index contributed by atoms with van der Waals surface area (Å²) in [4.78, 5) is 0. The average Bonchev–Trinajstić information content (AvgIpc) is 3.12. The standard InChI is InChI=1S/C32H40O20/c33-7-19-22(40)24(42)27(45)31(50-19)48-17-5-11(35)4-16-12(17)6-18(28(47-16)10-1-2-13(36)14(37)3-10)49-32-29(25(43)23(41)20(8-34)51-32)52-30-26(44)21(39)15(38)9-46-30/h1-6,15,19-45H,7-9H2/p+1. The molecule has 15 unspecified atom stereocenters. The number of ether oxygens (including phenoxy) is 7. The predicted molar refractivity (Wildman–Crippen MR) is 166 cm³/mol. The highest BCUT2D eigenvalue weighted by Crippen LogP contribution is 2.47. The summed E-state index contributed by atoms with van der Waals surface area (Å²) in [5.41, 5.74) is 0.252. The van der Waals surface area contributed by atoms with Crippen LogP contribution in [-0.4, -0.2) is 177 Å². The quantitative estimate of drug-likeness (QED) is 0.0851. The zero-order chi connectivity index (χ0) is 37.6. The van der Waals surface area contributed by atoms with Crippen LogP contribution in [0, 0.1) is 0 Å². The molecule has 6 rings (SSSR count). The van der Waals surface area contributed by atoms with Crippen LogP contribution in [0.5, 0.6) is 28.7 Å². The molecule has 3 fully saturated rings. The minimum absolute atomic E-state index is 0.0387. The van der Waals surface area contributed by atoms with E-state index in [0.29, 0.717) is 0 Å². The van der Waals surface area contributed by atoms with Crippen molar-refractivity contribution in [2.24, 2.45) is 0 Å². The largest absolute Gasteiger partial charge is 0.571 e. The Kier molecular flexibility index (Phi) is 11.3. The monoisotopic (exact) mass is 745 g/mol. The van der Waals surface area contributed by atoms with Gasteiger partial charge in [-0.1, -0.05) is 0 Å². The molecule has 0 radical (unpaired) electrons. The fourth-order valence-electron chi connectivity index (χ4n) is 6.19. The van der Waals surface area contributed by atoms with Gasteiger partial charge in [0.15, 0.2) is 29.7 Å². The van der Waals surface area contributed by atoms with Crippen LogP contribution in [0.4, 0.5) is 0 Å². The summed E-state index contributed by atoms with van der Waals surface area (Å²) in [7, 11) is 0. The number of aliphatic hydroxyl groups is 11. The fraction of sp³-hybridized carbons (Fsp3) is 0.562. The van der Waals surface area contributed by atoms with Gasteiger partial charge in [-0.25, -0.2) is 0 Å². The summed E-state index contributed by atoms with van der Waals surface area (Å²) in [6, 6.07) is 6.02. The molecule has 20 nitrogen and oxygen atoms in total. The summed E-state index contributed by atoms with van der Waals surface area (Å²) in [5.74, 6) is -1.75. The minimum atomic E-state index is -1.87. The summed E-state index contributed by atoms with van der Waals surface area (Å²) in [6.45, 7) is -2.03. The second-order valence-corrected chi connectivity index (χ2v) is 12.7. The second-order valence-electron chi connectivity index (χ2n) is 12.7. The van der Waals surface area contributed by atoms with Gasteiger partial charge in [0.2, 0.25) is 12.6 Å². The maximum absolute atomic E-state index is 11.1. The number of fused-ring (bicyclic) bond motifs is 1. The number of benzene rings is 2. The van der Waals surface area contributed by atoms with Gasteiger partial charge in [0.05, 0.1) is 31.5 Å². The first kappa shape index (κ1) is 38.2. The number of phenols is 3. The Hall–Kier alpha value is -3.58. The lowest BCUT2D eigenvalue weighted by molar-refractivity contribution is -0.353. The summed E-state index contributed by atoms with van der Waals surface area (Å²) < 4.78 is 39.0. The lowest BCUT2D eigenvalue weighted by atomic mass is 9.97. The molecule has 15 atom stereocenters. The number of hydrogen-bond acceptors (Lipinski definition) is 19. The van der Waals surface area contributed by atoms with E-state index in [1.165, 1.54) is 18.2 Å². The van der Waals surface area contributed by atoms with E-state index in [1.807, 2.05) is 0 Å². The van der Waals surface area contributed by atoms with Crippen molar-refractivity contribution < 1.29 is 99.5 Å². The van der Waals surface area contributed by atoms with Crippen LogP contribution >= 0.6 is 0 Å². The van der Waals surface area contributed by atoms with E-state index in [-0.39, 0.29) is 28.4 Å². The van der Waals surface area contributed by atoms with Crippen LogP contribution in [-0.2, 0) is 23.7 Å². The molecule has 20 heteroatoms. The normalized spacial score (nSPS) is 39.2. The maximum atomic E-state index is 11.1. The maximum Gasteiger partial charge on any atom is 0.270 e. The van der Waals surface area contributed by atoms with E-state index in [0.717, 1.165) is 18.2 Å². The van der Waals surface area contributed by atoms with E-state index < -0.39 is 129 Å². The number of hydrogen-bond donors (Lipinski definition) is 13. The summed E-state index contributed by atoms with van der Waals surface area (Å²) in [5, 5.41) is 134. The van der Waals surface area contributed by atoms with E-state index in [1.54, 1.807) is 0 Å². The molecule has 288 valence electrons. The Morgan fingerprint density at radius 3 is 2.00 bits per heavy atom. The molecule has 14 N–H and O–H groups in total. The van der Waals surface area contributed by atoms with Crippen molar-refractivity contribution in [3.05, 3.63) is 47.2 Å². The van der Waals surface area contributed by atoms with Gasteiger partial charge in [0.25, 0.3) is 11.9 Å². The van der Waals surface area contributed by atoms with E-state index in [4.69, 9.17) is 28.4 Å². The van der Waals surface area contributed by atoms with Gasteiger partial charge in [-0.15, -0.1) is 0 Å². The third kappa shape index (κ3) is 7.31. The van der Waals surface area contributed by atoms with Gasteiger partial charge in [-0.05, 0) is 18.2 Å². The SMILES string of the molecule is OCC1OC(Oc2cc(O)cc3c2C=C(OC2OC(CO)C(O)C(O)C2OC2OCC(O)C(O)C2O)C(c2ccc(O)c(O)c2)[OH+]3)C(O)C(O)C1O. The van der Waals surface area contributed by atoms with Crippen molar-refractivity contribution in [1.82, 2.24) is 0 Å². The van der Waals surface area contributed by atoms with Crippen molar-refractivity contribution in [1.29, 1.82) is 0 Å². The molecule has 52 heavy (non-hydrogen) atoms. The van der Waals surface area contributed by atoms with Crippen LogP contribution in [0.15, 0.2) is 36.1 Å². The molecular weight excluding hydrogens is 704 g/mol. The van der Waals surface area contributed by atoms with Crippen molar-refractivity contribution in [2.45, 2.75) is 92.1 Å². The molecule has 4 aliphatic rings. The van der Waals surface area contributed by atoms with Crippen molar-refractivity contribution in [3.8, 4) is 28.7 Å². The third-order valence-corrected chi connectivity index (χ3v) is 9.16. The smallest absolute Gasteiger partial charge is 0.270 e. The van der Waals surface area contributed by atoms with Gasteiger partial charge < -0.3 is 99.5 Å². The molecule has 0 spiro atoms. The van der Waals surface area contributed by atoms with Crippen LogP contribution < -0.4 is 4.74 Å². The molecule has 0 aromatic heterocycles.